The van der Waals surface area contributed by atoms with E-state index in [1.165, 1.54) is 12.7 Å². The van der Waals surface area contributed by atoms with E-state index in [0.717, 1.165) is 81.3 Å². The van der Waals surface area contributed by atoms with E-state index in [1.807, 2.05) is 0 Å². The second-order valence-electron chi connectivity index (χ2n) is 8.81. The number of thiophene rings is 1. The number of nitrogens with zero attached hydrogens (tertiary/aromatic N) is 4. The van der Waals surface area contributed by atoms with Crippen LogP contribution in [0.3, 0.4) is 0 Å². The third kappa shape index (κ3) is 4.09. The molecule has 3 aliphatic rings. The largest absolute Gasteiger partial charge is 0.393 e. The topological polar surface area (TPSA) is 41.5 Å². The minimum Gasteiger partial charge on any atom is -0.381 e. The van der Waals surface area contributed by atoms with Gasteiger partial charge in [-0.2, -0.15) is 13.2 Å². The standard InChI is InChI=1S/C20H25F3N4OS/c21-20(22,23)8-15-7-16-17(24-13-25-18(16)29-15)27-4-2-19(3-5-27)11-26(12-19)9-14-1-6-28-10-14/h7,13-14H,1-6,8-12H2. The van der Waals surface area contributed by atoms with Crippen molar-refractivity contribution in [3.05, 3.63) is 17.3 Å². The first-order valence-corrected chi connectivity index (χ1v) is 11.1. The minimum atomic E-state index is -4.20. The Morgan fingerprint density at radius 3 is 2.69 bits per heavy atom. The number of alkyl halides is 3. The van der Waals surface area contributed by atoms with Crippen molar-refractivity contribution in [1.29, 1.82) is 0 Å². The minimum absolute atomic E-state index is 0.299. The summed E-state index contributed by atoms with van der Waals surface area (Å²) in [7, 11) is 0. The van der Waals surface area contributed by atoms with Gasteiger partial charge in [0, 0.05) is 44.2 Å². The number of halogens is 3. The number of likely N-dealkylation sites (tertiary alicyclic amines) is 1. The Bertz CT molecular complexity index is 864. The van der Waals surface area contributed by atoms with E-state index in [-0.39, 0.29) is 0 Å². The second-order valence-corrected chi connectivity index (χ2v) is 9.92. The van der Waals surface area contributed by atoms with Gasteiger partial charge in [-0.25, -0.2) is 9.97 Å². The molecule has 0 bridgehead atoms. The SMILES string of the molecule is FC(F)(F)Cc1cc2c(N3CCC4(CC3)CN(CC3CCOC3)C4)ncnc2s1. The van der Waals surface area contributed by atoms with Crippen molar-refractivity contribution >= 4 is 27.4 Å². The molecule has 0 radical (unpaired) electrons. The predicted octanol–water partition coefficient (Wildman–Crippen LogP) is 3.73. The Balaban J connectivity index is 1.22. The van der Waals surface area contributed by atoms with Crippen LogP contribution in [0.5, 0.6) is 0 Å². The van der Waals surface area contributed by atoms with Gasteiger partial charge in [0.15, 0.2) is 0 Å². The van der Waals surface area contributed by atoms with Gasteiger partial charge < -0.3 is 14.5 Å². The molecule has 3 fully saturated rings. The zero-order valence-corrected chi connectivity index (χ0v) is 17.1. The number of piperidine rings is 1. The van der Waals surface area contributed by atoms with Crippen LogP contribution in [0.15, 0.2) is 12.4 Å². The molecule has 0 aliphatic carbocycles. The predicted molar refractivity (Wildman–Crippen MR) is 106 cm³/mol. The van der Waals surface area contributed by atoms with Crippen molar-refractivity contribution in [3.8, 4) is 0 Å². The monoisotopic (exact) mass is 426 g/mol. The lowest BCUT2D eigenvalue weighted by molar-refractivity contribution is -0.126. The van der Waals surface area contributed by atoms with Crippen molar-refractivity contribution < 1.29 is 17.9 Å². The summed E-state index contributed by atoms with van der Waals surface area (Å²) in [6, 6.07) is 1.63. The Hall–Kier alpha value is -1.45. The summed E-state index contributed by atoms with van der Waals surface area (Å²) < 4.78 is 43.8. The van der Waals surface area contributed by atoms with Crippen LogP contribution in [-0.4, -0.2) is 67.0 Å². The van der Waals surface area contributed by atoms with E-state index in [2.05, 4.69) is 19.8 Å². The molecule has 5 nitrogen and oxygen atoms in total. The summed E-state index contributed by atoms with van der Waals surface area (Å²) in [5.41, 5.74) is 0.401. The third-order valence-corrected chi connectivity index (χ3v) is 7.56. The van der Waals surface area contributed by atoms with Crippen LogP contribution in [0.2, 0.25) is 0 Å². The van der Waals surface area contributed by atoms with Crippen molar-refractivity contribution in [1.82, 2.24) is 14.9 Å². The molecular weight excluding hydrogens is 401 g/mol. The van der Waals surface area contributed by atoms with Gasteiger partial charge in [0.05, 0.1) is 18.4 Å². The highest BCUT2D eigenvalue weighted by Gasteiger charge is 2.45. The number of hydrogen-bond donors (Lipinski definition) is 0. The van der Waals surface area contributed by atoms with E-state index in [0.29, 0.717) is 21.0 Å². The van der Waals surface area contributed by atoms with E-state index in [9.17, 15) is 13.2 Å². The fraction of sp³-hybridized carbons (Fsp3) is 0.700. The van der Waals surface area contributed by atoms with Crippen LogP contribution in [-0.2, 0) is 11.2 Å². The highest BCUT2D eigenvalue weighted by Crippen LogP contribution is 2.43. The van der Waals surface area contributed by atoms with Crippen molar-refractivity contribution in [2.24, 2.45) is 11.3 Å². The number of ether oxygens (including phenoxy) is 1. The smallest absolute Gasteiger partial charge is 0.381 e. The molecule has 0 saturated carbocycles. The maximum Gasteiger partial charge on any atom is 0.393 e. The number of fused-ring (bicyclic) bond motifs is 1. The molecule has 1 spiro atoms. The van der Waals surface area contributed by atoms with Crippen LogP contribution < -0.4 is 4.90 Å². The highest BCUT2D eigenvalue weighted by atomic mass is 32.1. The lowest BCUT2D eigenvalue weighted by Gasteiger charge is -2.54. The van der Waals surface area contributed by atoms with Crippen molar-refractivity contribution in [2.75, 3.05) is 50.8 Å². The molecule has 0 aromatic carbocycles. The average molecular weight is 427 g/mol. The molecule has 0 amide bonds. The van der Waals surface area contributed by atoms with Crippen LogP contribution >= 0.6 is 11.3 Å². The van der Waals surface area contributed by atoms with Gasteiger partial charge in [0.2, 0.25) is 0 Å². The summed E-state index contributed by atoms with van der Waals surface area (Å²) in [4.78, 5) is 14.4. The summed E-state index contributed by atoms with van der Waals surface area (Å²) in [6.07, 6.45) is -0.237. The first-order valence-electron chi connectivity index (χ1n) is 10.2. The molecule has 0 N–H and O–H groups in total. The molecule has 5 heterocycles. The van der Waals surface area contributed by atoms with Crippen LogP contribution in [0.25, 0.3) is 10.2 Å². The molecule has 3 aliphatic heterocycles. The Kier molecular flexibility index (Phi) is 4.95. The van der Waals surface area contributed by atoms with Crippen LogP contribution in [0.4, 0.5) is 19.0 Å². The molecule has 29 heavy (non-hydrogen) atoms. The first kappa shape index (κ1) is 19.5. The molecule has 158 valence electrons. The van der Waals surface area contributed by atoms with E-state index in [4.69, 9.17) is 4.74 Å². The lowest BCUT2D eigenvalue weighted by Crippen LogP contribution is -2.61. The van der Waals surface area contributed by atoms with Gasteiger partial charge in [-0.3, -0.25) is 0 Å². The molecule has 2 aromatic rings. The second kappa shape index (κ2) is 7.35. The zero-order valence-electron chi connectivity index (χ0n) is 16.2. The van der Waals surface area contributed by atoms with Gasteiger partial charge in [0.1, 0.15) is 17.0 Å². The first-order chi connectivity index (χ1) is 13.9. The van der Waals surface area contributed by atoms with Gasteiger partial charge >= 0.3 is 6.18 Å². The number of rotatable bonds is 4. The number of aromatic nitrogens is 2. The van der Waals surface area contributed by atoms with Gasteiger partial charge in [-0.15, -0.1) is 11.3 Å². The zero-order chi connectivity index (χ0) is 20.1. The van der Waals surface area contributed by atoms with Gasteiger partial charge in [-0.1, -0.05) is 0 Å². The Morgan fingerprint density at radius 1 is 1.21 bits per heavy atom. The summed E-state index contributed by atoms with van der Waals surface area (Å²) in [5, 5.41) is 0.754. The van der Waals surface area contributed by atoms with Crippen molar-refractivity contribution in [3.63, 3.8) is 0 Å². The highest BCUT2D eigenvalue weighted by molar-refractivity contribution is 7.18. The Labute approximate surface area is 171 Å². The van der Waals surface area contributed by atoms with Gasteiger partial charge in [0.25, 0.3) is 0 Å². The summed E-state index contributed by atoms with van der Waals surface area (Å²) >= 11 is 1.12. The summed E-state index contributed by atoms with van der Waals surface area (Å²) in [6.45, 7) is 7.06. The molecule has 9 heteroatoms. The maximum absolute atomic E-state index is 12.8. The molecule has 1 unspecified atom stereocenters. The molecule has 5 rings (SSSR count). The molecule has 3 saturated heterocycles. The van der Waals surface area contributed by atoms with Crippen molar-refractivity contribution in [2.45, 2.75) is 31.9 Å². The maximum atomic E-state index is 12.8. The van der Waals surface area contributed by atoms with Crippen LogP contribution in [0.1, 0.15) is 24.1 Å². The number of hydrogen-bond acceptors (Lipinski definition) is 6. The third-order valence-electron chi connectivity index (χ3n) is 6.52. The average Bonchev–Trinajstić information content (AvgIpc) is 3.28. The van der Waals surface area contributed by atoms with E-state index >= 15 is 0 Å². The molecule has 2 aromatic heterocycles. The quantitative estimate of drug-likeness (QED) is 0.745. The van der Waals surface area contributed by atoms with Crippen LogP contribution in [0, 0.1) is 11.3 Å². The fourth-order valence-corrected chi connectivity index (χ4v) is 6.08. The number of anilines is 1. The fourth-order valence-electron chi connectivity index (χ4n) is 5.06. The Morgan fingerprint density at radius 2 is 2.00 bits per heavy atom. The van der Waals surface area contributed by atoms with Gasteiger partial charge in [-0.05, 0) is 36.7 Å². The van der Waals surface area contributed by atoms with E-state index < -0.39 is 12.6 Å². The summed E-state index contributed by atoms with van der Waals surface area (Å²) in [5.74, 6) is 1.47. The lowest BCUT2D eigenvalue weighted by atomic mass is 9.71. The normalized spacial score (nSPS) is 25.1. The molecular formula is C20H25F3N4OS. The van der Waals surface area contributed by atoms with E-state index in [1.54, 1.807) is 6.07 Å². The molecule has 1 atom stereocenters.